The third-order valence-corrected chi connectivity index (χ3v) is 2.97. The summed E-state index contributed by atoms with van der Waals surface area (Å²) < 4.78 is 5.58. The maximum atomic E-state index is 5.92. The van der Waals surface area contributed by atoms with Crippen LogP contribution in [0, 0.1) is 6.92 Å². The number of hydrogen-bond acceptors (Lipinski definition) is 3. The maximum Gasteiger partial charge on any atom is 0.229 e. The number of hydrogen-bond donors (Lipinski definition) is 1. The quantitative estimate of drug-likeness (QED) is 0.750. The van der Waals surface area contributed by atoms with Gasteiger partial charge in [-0.2, -0.15) is 0 Å². The highest BCUT2D eigenvalue weighted by Gasteiger charge is 2.13. The number of rotatable bonds is 2. The minimum absolute atomic E-state index is 0.350. The number of benzene rings is 2. The van der Waals surface area contributed by atoms with Gasteiger partial charge < -0.3 is 10.2 Å². The molecule has 0 radical (unpaired) electrons. The van der Waals surface area contributed by atoms with Crippen LogP contribution >= 0.6 is 0 Å². The number of aryl methyl sites for hydroxylation is 1. The van der Waals surface area contributed by atoms with Crippen molar-refractivity contribution in [2.45, 2.75) is 6.92 Å². The van der Waals surface area contributed by atoms with Gasteiger partial charge in [-0.05, 0) is 19.1 Å². The molecule has 3 aromatic rings. The van der Waals surface area contributed by atoms with Crippen molar-refractivity contribution in [3.05, 3.63) is 60.2 Å². The highest BCUT2D eigenvalue weighted by atomic mass is 16.4. The van der Waals surface area contributed by atoms with E-state index in [0.717, 1.165) is 16.7 Å². The van der Waals surface area contributed by atoms with Crippen LogP contribution in [-0.4, -0.2) is 4.98 Å². The monoisotopic (exact) mass is 250 g/mol. The lowest BCUT2D eigenvalue weighted by Gasteiger charge is -1.96. The van der Waals surface area contributed by atoms with Gasteiger partial charge in [0.05, 0.1) is 0 Å². The molecule has 1 heterocycles. The second kappa shape index (κ2) is 4.61. The Labute approximate surface area is 111 Å². The molecule has 0 spiro atoms. The molecule has 94 valence electrons. The molecule has 3 heteroatoms. The molecule has 19 heavy (non-hydrogen) atoms. The van der Waals surface area contributed by atoms with Gasteiger partial charge in [0.15, 0.2) is 0 Å². The van der Waals surface area contributed by atoms with Gasteiger partial charge in [0.25, 0.3) is 0 Å². The molecule has 1 aromatic heterocycles. The molecule has 3 rings (SSSR count). The average Bonchev–Trinajstić information content (AvgIpc) is 2.82. The summed E-state index contributed by atoms with van der Waals surface area (Å²) in [6.07, 6.45) is 0. The van der Waals surface area contributed by atoms with Crippen LogP contribution in [0.1, 0.15) is 5.56 Å². The van der Waals surface area contributed by atoms with Crippen molar-refractivity contribution < 1.29 is 4.42 Å². The minimum atomic E-state index is 0.350. The van der Waals surface area contributed by atoms with E-state index in [1.54, 1.807) is 0 Å². The van der Waals surface area contributed by atoms with E-state index >= 15 is 0 Å². The van der Waals surface area contributed by atoms with Crippen molar-refractivity contribution >= 4 is 5.88 Å². The number of nitrogens with two attached hydrogens (primary N) is 1. The molecule has 2 N–H and O–H groups in total. The summed E-state index contributed by atoms with van der Waals surface area (Å²) in [4.78, 5) is 4.50. The molecule has 0 saturated heterocycles. The van der Waals surface area contributed by atoms with Crippen LogP contribution in [0.25, 0.3) is 22.7 Å². The summed E-state index contributed by atoms with van der Waals surface area (Å²) in [5, 5.41) is 0. The summed E-state index contributed by atoms with van der Waals surface area (Å²) in [5.41, 5.74) is 9.67. The van der Waals surface area contributed by atoms with Crippen molar-refractivity contribution in [1.82, 2.24) is 4.98 Å². The second-order valence-electron chi connectivity index (χ2n) is 4.47. The average molecular weight is 250 g/mol. The fourth-order valence-corrected chi connectivity index (χ4v) is 2.04. The third-order valence-electron chi connectivity index (χ3n) is 2.97. The predicted molar refractivity (Wildman–Crippen MR) is 76.5 cm³/mol. The molecule has 0 aliphatic carbocycles. The summed E-state index contributed by atoms with van der Waals surface area (Å²) in [6.45, 7) is 2.04. The van der Waals surface area contributed by atoms with E-state index in [2.05, 4.69) is 4.98 Å². The van der Waals surface area contributed by atoms with E-state index in [1.165, 1.54) is 0 Å². The van der Waals surface area contributed by atoms with Crippen LogP contribution in [0.2, 0.25) is 0 Å². The van der Waals surface area contributed by atoms with Gasteiger partial charge in [-0.1, -0.05) is 48.0 Å². The molecule has 0 aliphatic rings. The Hall–Kier alpha value is -2.55. The van der Waals surface area contributed by atoms with Gasteiger partial charge in [-0.15, -0.1) is 0 Å². The first-order valence-electron chi connectivity index (χ1n) is 6.13. The van der Waals surface area contributed by atoms with Crippen LogP contribution in [0.3, 0.4) is 0 Å². The fraction of sp³-hybridized carbons (Fsp3) is 0.0625. The number of oxazole rings is 1. The molecule has 0 atom stereocenters. The van der Waals surface area contributed by atoms with Crippen molar-refractivity contribution in [1.29, 1.82) is 0 Å². The van der Waals surface area contributed by atoms with Crippen LogP contribution in [0.15, 0.2) is 59.0 Å². The molecule has 2 aromatic carbocycles. The van der Waals surface area contributed by atoms with E-state index in [-0.39, 0.29) is 0 Å². The summed E-state index contributed by atoms with van der Waals surface area (Å²) in [7, 11) is 0. The molecule has 0 aliphatic heterocycles. The predicted octanol–water partition coefficient (Wildman–Crippen LogP) is 3.90. The minimum Gasteiger partial charge on any atom is -0.420 e. The van der Waals surface area contributed by atoms with Gasteiger partial charge in [0.1, 0.15) is 5.69 Å². The first-order valence-corrected chi connectivity index (χ1v) is 6.13. The normalized spacial score (nSPS) is 10.6. The SMILES string of the molecule is Cc1cccc(-c2nc(-c3ccccc3)c(N)o2)c1. The first kappa shape index (κ1) is 11.5. The topological polar surface area (TPSA) is 52.0 Å². The van der Waals surface area contributed by atoms with Crippen molar-refractivity contribution in [2.75, 3.05) is 5.73 Å². The molecule has 0 saturated carbocycles. The first-order chi connectivity index (χ1) is 9.24. The zero-order valence-corrected chi connectivity index (χ0v) is 10.6. The fourth-order valence-electron chi connectivity index (χ4n) is 2.04. The largest absolute Gasteiger partial charge is 0.420 e. The molecular formula is C16H14N2O. The Balaban J connectivity index is 2.07. The molecular weight excluding hydrogens is 236 g/mol. The molecule has 0 fully saturated rings. The van der Waals surface area contributed by atoms with Gasteiger partial charge in [0.2, 0.25) is 11.8 Å². The summed E-state index contributed by atoms with van der Waals surface area (Å²) in [5.74, 6) is 0.905. The van der Waals surface area contributed by atoms with Gasteiger partial charge in [-0.25, -0.2) is 4.98 Å². The Morgan fingerprint density at radius 2 is 1.68 bits per heavy atom. The van der Waals surface area contributed by atoms with Crippen LogP contribution < -0.4 is 5.73 Å². The van der Waals surface area contributed by atoms with E-state index in [1.807, 2.05) is 61.5 Å². The summed E-state index contributed by atoms with van der Waals surface area (Å²) >= 11 is 0. The number of aromatic nitrogens is 1. The highest BCUT2D eigenvalue weighted by molar-refractivity contribution is 5.72. The van der Waals surface area contributed by atoms with Crippen LogP contribution in [0.5, 0.6) is 0 Å². The van der Waals surface area contributed by atoms with E-state index < -0.39 is 0 Å². The highest BCUT2D eigenvalue weighted by Crippen LogP contribution is 2.30. The van der Waals surface area contributed by atoms with Gasteiger partial charge in [0, 0.05) is 11.1 Å². The number of nitrogens with zero attached hydrogens (tertiary/aromatic N) is 1. The van der Waals surface area contributed by atoms with E-state index in [4.69, 9.17) is 10.2 Å². The second-order valence-corrected chi connectivity index (χ2v) is 4.47. The zero-order chi connectivity index (χ0) is 13.2. The lowest BCUT2D eigenvalue weighted by Crippen LogP contribution is -1.85. The van der Waals surface area contributed by atoms with Crippen LogP contribution in [-0.2, 0) is 0 Å². The van der Waals surface area contributed by atoms with Gasteiger partial charge >= 0.3 is 0 Å². The molecule has 3 nitrogen and oxygen atoms in total. The Bertz CT molecular complexity index is 702. The van der Waals surface area contributed by atoms with Crippen LogP contribution in [0.4, 0.5) is 5.88 Å². The third kappa shape index (κ3) is 2.22. The number of anilines is 1. The standard InChI is InChI=1S/C16H14N2O/c1-11-6-5-9-13(10-11)16-18-14(15(17)19-16)12-7-3-2-4-8-12/h2-10H,17H2,1H3. The Morgan fingerprint density at radius 1 is 0.947 bits per heavy atom. The van der Waals surface area contributed by atoms with Crippen molar-refractivity contribution in [3.8, 4) is 22.7 Å². The zero-order valence-electron chi connectivity index (χ0n) is 10.6. The van der Waals surface area contributed by atoms with Crippen molar-refractivity contribution in [2.24, 2.45) is 0 Å². The maximum absolute atomic E-state index is 5.92. The number of nitrogen functional groups attached to an aromatic ring is 1. The molecule has 0 unspecified atom stereocenters. The Kier molecular flexibility index (Phi) is 2.80. The molecule has 0 amide bonds. The molecule has 0 bridgehead atoms. The van der Waals surface area contributed by atoms with E-state index in [9.17, 15) is 0 Å². The lowest BCUT2D eigenvalue weighted by molar-refractivity contribution is 0.594. The summed E-state index contributed by atoms with van der Waals surface area (Å²) in [6, 6.07) is 17.8. The smallest absolute Gasteiger partial charge is 0.229 e. The Morgan fingerprint density at radius 3 is 2.42 bits per heavy atom. The van der Waals surface area contributed by atoms with Gasteiger partial charge in [-0.3, -0.25) is 0 Å². The lowest BCUT2D eigenvalue weighted by atomic mass is 10.1. The van der Waals surface area contributed by atoms with E-state index in [0.29, 0.717) is 17.5 Å². The van der Waals surface area contributed by atoms with Crippen molar-refractivity contribution in [3.63, 3.8) is 0 Å².